The van der Waals surface area contributed by atoms with E-state index in [1.165, 1.54) is 23.4 Å². The maximum Gasteiger partial charge on any atom is 0.264 e. The number of hydrogen-bond donors (Lipinski definition) is 1. The number of anilines is 2. The molecular formula is C24H26N2O3S. The summed E-state index contributed by atoms with van der Waals surface area (Å²) >= 11 is 0. The first-order chi connectivity index (χ1) is 14.3. The molecular weight excluding hydrogens is 396 g/mol. The first kappa shape index (κ1) is 21.6. The summed E-state index contributed by atoms with van der Waals surface area (Å²) in [6, 6.07) is 23.4. The second-order valence-electron chi connectivity index (χ2n) is 7.45. The standard InChI is InChI=1S/C24H26N2O3S/c1-18(2)21-9-13-23(14-10-21)26(17-20-7-5-4-6-8-20)30(28,29)24-15-11-22(12-16-24)25-19(3)27/h4-16,18H,17H2,1-3H3,(H,25,27). The van der Waals surface area contributed by atoms with Gasteiger partial charge in [-0.25, -0.2) is 8.42 Å². The first-order valence-corrected chi connectivity index (χ1v) is 11.3. The van der Waals surface area contributed by atoms with Crippen molar-refractivity contribution in [2.75, 3.05) is 9.62 Å². The average molecular weight is 423 g/mol. The summed E-state index contributed by atoms with van der Waals surface area (Å²) in [4.78, 5) is 11.4. The lowest BCUT2D eigenvalue weighted by Gasteiger charge is -2.25. The molecule has 156 valence electrons. The van der Waals surface area contributed by atoms with E-state index in [-0.39, 0.29) is 17.3 Å². The van der Waals surface area contributed by atoms with Crippen LogP contribution in [0.1, 0.15) is 37.8 Å². The van der Waals surface area contributed by atoms with Crippen LogP contribution in [0.3, 0.4) is 0 Å². The van der Waals surface area contributed by atoms with Gasteiger partial charge in [0.2, 0.25) is 5.91 Å². The third kappa shape index (κ3) is 5.07. The Balaban J connectivity index is 2.00. The molecule has 3 rings (SSSR count). The van der Waals surface area contributed by atoms with Crippen LogP contribution < -0.4 is 9.62 Å². The highest BCUT2D eigenvalue weighted by Gasteiger charge is 2.25. The van der Waals surface area contributed by atoms with Crippen molar-refractivity contribution in [2.45, 2.75) is 38.1 Å². The van der Waals surface area contributed by atoms with Crippen molar-refractivity contribution in [1.82, 2.24) is 0 Å². The van der Waals surface area contributed by atoms with Crippen molar-refractivity contribution in [2.24, 2.45) is 0 Å². The van der Waals surface area contributed by atoms with Gasteiger partial charge in [-0.15, -0.1) is 0 Å². The molecule has 0 heterocycles. The summed E-state index contributed by atoms with van der Waals surface area (Å²) in [5, 5.41) is 2.65. The fourth-order valence-corrected chi connectivity index (χ4v) is 4.58. The second kappa shape index (κ2) is 9.13. The zero-order valence-electron chi connectivity index (χ0n) is 17.4. The van der Waals surface area contributed by atoms with E-state index in [9.17, 15) is 13.2 Å². The van der Waals surface area contributed by atoms with Gasteiger partial charge >= 0.3 is 0 Å². The Morgan fingerprint density at radius 3 is 2.03 bits per heavy atom. The number of hydrogen-bond acceptors (Lipinski definition) is 3. The van der Waals surface area contributed by atoms with Crippen molar-refractivity contribution in [3.05, 3.63) is 90.0 Å². The number of sulfonamides is 1. The largest absolute Gasteiger partial charge is 0.326 e. The van der Waals surface area contributed by atoms with E-state index in [0.29, 0.717) is 17.3 Å². The summed E-state index contributed by atoms with van der Waals surface area (Å²) < 4.78 is 28.5. The van der Waals surface area contributed by atoms with E-state index in [0.717, 1.165) is 11.1 Å². The molecule has 6 heteroatoms. The molecule has 0 aromatic heterocycles. The van der Waals surface area contributed by atoms with Crippen molar-refractivity contribution < 1.29 is 13.2 Å². The van der Waals surface area contributed by atoms with E-state index in [1.54, 1.807) is 12.1 Å². The molecule has 0 aliphatic heterocycles. The Bertz CT molecular complexity index is 1090. The molecule has 0 saturated carbocycles. The molecule has 0 unspecified atom stereocenters. The molecule has 0 radical (unpaired) electrons. The SMILES string of the molecule is CC(=O)Nc1ccc(S(=O)(=O)N(Cc2ccccc2)c2ccc(C(C)C)cc2)cc1. The van der Waals surface area contributed by atoms with Crippen molar-refractivity contribution in [1.29, 1.82) is 0 Å². The summed E-state index contributed by atoms with van der Waals surface area (Å²) in [7, 11) is -3.81. The van der Waals surface area contributed by atoms with Crippen molar-refractivity contribution in [3.8, 4) is 0 Å². The Labute approximate surface area is 178 Å². The number of nitrogens with one attached hydrogen (secondary N) is 1. The van der Waals surface area contributed by atoms with Gasteiger partial charge in [0.1, 0.15) is 0 Å². The number of carbonyl (C=O) groups excluding carboxylic acids is 1. The molecule has 0 aliphatic rings. The zero-order valence-corrected chi connectivity index (χ0v) is 18.2. The van der Waals surface area contributed by atoms with Gasteiger partial charge in [-0.3, -0.25) is 9.10 Å². The second-order valence-corrected chi connectivity index (χ2v) is 9.31. The van der Waals surface area contributed by atoms with E-state index in [2.05, 4.69) is 19.2 Å². The Morgan fingerprint density at radius 1 is 0.900 bits per heavy atom. The molecule has 3 aromatic rings. The van der Waals surface area contributed by atoms with Gasteiger partial charge in [-0.05, 0) is 53.4 Å². The average Bonchev–Trinajstić information content (AvgIpc) is 2.73. The molecule has 0 atom stereocenters. The first-order valence-electron chi connectivity index (χ1n) is 9.81. The zero-order chi connectivity index (χ0) is 21.7. The van der Waals surface area contributed by atoms with Gasteiger partial charge in [0.05, 0.1) is 17.1 Å². The van der Waals surface area contributed by atoms with Crippen LogP contribution in [0.5, 0.6) is 0 Å². The van der Waals surface area contributed by atoms with Crippen LogP contribution in [0.2, 0.25) is 0 Å². The molecule has 0 spiro atoms. The maximum absolute atomic E-state index is 13.5. The number of amides is 1. The lowest BCUT2D eigenvalue weighted by Crippen LogP contribution is -2.30. The molecule has 1 N–H and O–H groups in total. The van der Waals surface area contributed by atoms with Crippen LogP contribution >= 0.6 is 0 Å². The molecule has 0 bridgehead atoms. The molecule has 30 heavy (non-hydrogen) atoms. The van der Waals surface area contributed by atoms with Crippen LogP contribution in [-0.4, -0.2) is 14.3 Å². The summed E-state index contributed by atoms with van der Waals surface area (Å²) in [6.45, 7) is 5.83. The number of benzene rings is 3. The van der Waals surface area contributed by atoms with Crippen LogP contribution in [-0.2, 0) is 21.4 Å². The monoisotopic (exact) mass is 422 g/mol. The molecule has 0 saturated heterocycles. The molecule has 1 amide bonds. The Kier molecular flexibility index (Phi) is 6.57. The quantitative estimate of drug-likeness (QED) is 0.572. The topological polar surface area (TPSA) is 66.5 Å². The Morgan fingerprint density at radius 2 is 1.50 bits per heavy atom. The lowest BCUT2D eigenvalue weighted by atomic mass is 10.0. The van der Waals surface area contributed by atoms with Crippen molar-refractivity contribution in [3.63, 3.8) is 0 Å². The van der Waals surface area contributed by atoms with E-state index in [4.69, 9.17) is 0 Å². The van der Waals surface area contributed by atoms with E-state index < -0.39 is 10.0 Å². The van der Waals surface area contributed by atoms with E-state index >= 15 is 0 Å². The smallest absolute Gasteiger partial charge is 0.264 e. The van der Waals surface area contributed by atoms with Crippen LogP contribution in [0.4, 0.5) is 11.4 Å². The van der Waals surface area contributed by atoms with Gasteiger partial charge in [0.25, 0.3) is 10.0 Å². The fourth-order valence-electron chi connectivity index (χ4n) is 3.13. The van der Waals surface area contributed by atoms with Gasteiger partial charge in [-0.2, -0.15) is 0 Å². The van der Waals surface area contributed by atoms with Crippen LogP contribution in [0.25, 0.3) is 0 Å². The van der Waals surface area contributed by atoms with Crippen molar-refractivity contribution >= 4 is 27.3 Å². The lowest BCUT2D eigenvalue weighted by molar-refractivity contribution is -0.114. The van der Waals surface area contributed by atoms with Crippen LogP contribution in [0, 0.1) is 0 Å². The predicted octanol–water partition coefficient (Wildman–Crippen LogP) is 5.16. The number of carbonyl (C=O) groups is 1. The van der Waals surface area contributed by atoms with Gasteiger partial charge in [0, 0.05) is 12.6 Å². The normalized spacial score (nSPS) is 11.3. The number of nitrogens with zero attached hydrogens (tertiary/aromatic N) is 1. The molecule has 5 nitrogen and oxygen atoms in total. The van der Waals surface area contributed by atoms with Gasteiger partial charge in [0.15, 0.2) is 0 Å². The summed E-state index contributed by atoms with van der Waals surface area (Å²) in [5.41, 5.74) is 3.20. The third-order valence-electron chi connectivity index (χ3n) is 4.78. The predicted molar refractivity (Wildman–Crippen MR) is 121 cm³/mol. The molecule has 0 fully saturated rings. The highest BCUT2D eigenvalue weighted by atomic mass is 32.2. The molecule has 3 aromatic carbocycles. The Hall–Kier alpha value is -3.12. The summed E-state index contributed by atoms with van der Waals surface area (Å²) in [5.74, 6) is 0.154. The minimum atomic E-state index is -3.81. The third-order valence-corrected chi connectivity index (χ3v) is 6.57. The van der Waals surface area contributed by atoms with E-state index in [1.807, 2.05) is 54.6 Å². The summed E-state index contributed by atoms with van der Waals surface area (Å²) in [6.07, 6.45) is 0. The van der Waals surface area contributed by atoms with Crippen LogP contribution in [0.15, 0.2) is 83.8 Å². The minimum Gasteiger partial charge on any atom is -0.326 e. The maximum atomic E-state index is 13.5. The van der Waals surface area contributed by atoms with Gasteiger partial charge in [-0.1, -0.05) is 56.3 Å². The molecule has 0 aliphatic carbocycles. The highest BCUT2D eigenvalue weighted by molar-refractivity contribution is 7.92. The fraction of sp³-hybridized carbons (Fsp3) is 0.208. The number of rotatable bonds is 7. The highest BCUT2D eigenvalue weighted by Crippen LogP contribution is 2.28. The van der Waals surface area contributed by atoms with Gasteiger partial charge < -0.3 is 5.32 Å². The minimum absolute atomic E-state index is 0.167.